The summed E-state index contributed by atoms with van der Waals surface area (Å²) in [6.07, 6.45) is 4.77. The summed E-state index contributed by atoms with van der Waals surface area (Å²) in [5.74, 6) is 0.284. The van der Waals surface area contributed by atoms with Crippen LogP contribution in [0.25, 0.3) is 0 Å². The van der Waals surface area contributed by atoms with Crippen LogP contribution in [0.15, 0.2) is 61.1 Å². The van der Waals surface area contributed by atoms with Crippen molar-refractivity contribution < 1.29 is 9.53 Å². The van der Waals surface area contributed by atoms with Crippen LogP contribution < -0.4 is 10.1 Å². The molecule has 1 amide bonds. The third kappa shape index (κ3) is 4.66. The SMILES string of the molecule is CC(C)Oc1ccc(C(=O)NC(Cn2nccn2)c2ccccc2)cn1. The van der Waals surface area contributed by atoms with Crippen molar-refractivity contribution in [2.45, 2.75) is 32.5 Å². The Kier molecular flexibility index (Phi) is 5.58. The Morgan fingerprint density at radius 3 is 2.46 bits per heavy atom. The topological polar surface area (TPSA) is 81.9 Å². The Hall–Kier alpha value is -3.22. The Morgan fingerprint density at radius 2 is 1.85 bits per heavy atom. The predicted molar refractivity (Wildman–Crippen MR) is 96.7 cm³/mol. The van der Waals surface area contributed by atoms with Crippen molar-refractivity contribution in [2.24, 2.45) is 0 Å². The van der Waals surface area contributed by atoms with Crippen molar-refractivity contribution in [1.82, 2.24) is 25.3 Å². The molecule has 0 fully saturated rings. The van der Waals surface area contributed by atoms with Gasteiger partial charge >= 0.3 is 0 Å². The average Bonchev–Trinajstić information content (AvgIpc) is 3.15. The third-order valence-electron chi connectivity index (χ3n) is 3.67. The number of nitrogens with zero attached hydrogens (tertiary/aromatic N) is 4. The summed E-state index contributed by atoms with van der Waals surface area (Å²) in [7, 11) is 0. The molecule has 26 heavy (non-hydrogen) atoms. The van der Waals surface area contributed by atoms with E-state index in [1.165, 1.54) is 6.20 Å². The Morgan fingerprint density at radius 1 is 1.12 bits per heavy atom. The standard InChI is InChI=1S/C19H21N5O2/c1-14(2)26-18-9-8-16(12-20-18)19(25)23-17(13-24-21-10-11-22-24)15-6-4-3-5-7-15/h3-12,14,17H,13H2,1-2H3,(H,23,25). The zero-order valence-electron chi connectivity index (χ0n) is 14.7. The molecule has 0 bridgehead atoms. The van der Waals surface area contributed by atoms with Crippen LogP contribution in [0.5, 0.6) is 5.88 Å². The highest BCUT2D eigenvalue weighted by Crippen LogP contribution is 2.16. The van der Waals surface area contributed by atoms with Crippen LogP contribution in [0.3, 0.4) is 0 Å². The van der Waals surface area contributed by atoms with Crippen LogP contribution in [0, 0.1) is 0 Å². The summed E-state index contributed by atoms with van der Waals surface area (Å²) in [6.45, 7) is 4.29. The summed E-state index contributed by atoms with van der Waals surface area (Å²) in [6, 6.07) is 12.9. The summed E-state index contributed by atoms with van der Waals surface area (Å²) in [5, 5.41) is 11.3. The number of ether oxygens (including phenoxy) is 1. The molecule has 134 valence electrons. The molecule has 0 aliphatic heterocycles. The monoisotopic (exact) mass is 351 g/mol. The van der Waals surface area contributed by atoms with Gasteiger partial charge in [-0.05, 0) is 25.5 Å². The second-order valence-electron chi connectivity index (χ2n) is 6.07. The fourth-order valence-electron chi connectivity index (χ4n) is 2.49. The second-order valence-corrected chi connectivity index (χ2v) is 6.07. The minimum absolute atomic E-state index is 0.0335. The van der Waals surface area contributed by atoms with Gasteiger partial charge in [0.15, 0.2) is 0 Å². The first-order valence-corrected chi connectivity index (χ1v) is 8.44. The largest absolute Gasteiger partial charge is 0.475 e. The van der Waals surface area contributed by atoms with Crippen LogP contribution >= 0.6 is 0 Å². The van der Waals surface area contributed by atoms with Crippen LogP contribution in [0.4, 0.5) is 0 Å². The fourth-order valence-corrected chi connectivity index (χ4v) is 2.49. The van der Waals surface area contributed by atoms with E-state index in [1.807, 2.05) is 44.2 Å². The molecular weight excluding hydrogens is 330 g/mol. The van der Waals surface area contributed by atoms with E-state index in [1.54, 1.807) is 29.3 Å². The number of hydrogen-bond acceptors (Lipinski definition) is 5. The van der Waals surface area contributed by atoms with Crippen molar-refractivity contribution in [3.05, 3.63) is 72.2 Å². The van der Waals surface area contributed by atoms with Gasteiger partial charge < -0.3 is 10.1 Å². The normalized spacial score (nSPS) is 12.0. The van der Waals surface area contributed by atoms with Crippen LogP contribution in [-0.2, 0) is 6.54 Å². The molecule has 1 atom stereocenters. The van der Waals surface area contributed by atoms with Crippen LogP contribution in [0.1, 0.15) is 35.8 Å². The maximum atomic E-state index is 12.6. The number of nitrogens with one attached hydrogen (secondary N) is 1. The lowest BCUT2D eigenvalue weighted by molar-refractivity contribution is 0.0930. The van der Waals surface area contributed by atoms with Crippen molar-refractivity contribution >= 4 is 5.91 Å². The zero-order valence-corrected chi connectivity index (χ0v) is 14.7. The smallest absolute Gasteiger partial charge is 0.253 e. The van der Waals surface area contributed by atoms with E-state index in [2.05, 4.69) is 20.5 Å². The van der Waals surface area contributed by atoms with Crippen molar-refractivity contribution in [3.63, 3.8) is 0 Å². The molecule has 0 saturated carbocycles. The van der Waals surface area contributed by atoms with Gasteiger partial charge in [0.2, 0.25) is 5.88 Å². The lowest BCUT2D eigenvalue weighted by Gasteiger charge is -2.19. The van der Waals surface area contributed by atoms with Crippen molar-refractivity contribution in [3.8, 4) is 5.88 Å². The molecule has 0 aliphatic carbocycles. The van der Waals surface area contributed by atoms with Crippen LogP contribution in [0.2, 0.25) is 0 Å². The van der Waals surface area contributed by atoms with E-state index in [0.717, 1.165) is 5.56 Å². The van der Waals surface area contributed by atoms with Crippen molar-refractivity contribution in [1.29, 1.82) is 0 Å². The Labute approximate surface area is 152 Å². The molecular formula is C19H21N5O2. The van der Waals surface area contributed by atoms with Gasteiger partial charge in [0.05, 0.1) is 36.6 Å². The van der Waals surface area contributed by atoms with Gasteiger partial charge in [-0.2, -0.15) is 15.0 Å². The minimum atomic E-state index is -0.261. The van der Waals surface area contributed by atoms with Gasteiger partial charge in [-0.3, -0.25) is 4.79 Å². The summed E-state index contributed by atoms with van der Waals surface area (Å²) in [4.78, 5) is 18.4. The predicted octanol–water partition coefficient (Wildman–Crippen LogP) is 2.63. The average molecular weight is 351 g/mol. The number of carbonyl (C=O) groups is 1. The summed E-state index contributed by atoms with van der Waals surface area (Å²) >= 11 is 0. The number of carbonyl (C=O) groups excluding carboxylic acids is 1. The quantitative estimate of drug-likeness (QED) is 0.708. The maximum absolute atomic E-state index is 12.6. The van der Waals surface area contributed by atoms with Gasteiger partial charge in [0.1, 0.15) is 0 Å². The van der Waals surface area contributed by atoms with E-state index in [4.69, 9.17) is 4.74 Å². The van der Waals surface area contributed by atoms with E-state index < -0.39 is 0 Å². The fraction of sp³-hybridized carbons (Fsp3) is 0.263. The van der Waals surface area contributed by atoms with E-state index in [-0.39, 0.29) is 18.1 Å². The lowest BCUT2D eigenvalue weighted by atomic mass is 10.1. The van der Waals surface area contributed by atoms with Gasteiger partial charge in [-0.25, -0.2) is 4.98 Å². The third-order valence-corrected chi connectivity index (χ3v) is 3.67. The highest BCUT2D eigenvalue weighted by molar-refractivity contribution is 5.94. The first-order chi connectivity index (χ1) is 12.6. The molecule has 2 heterocycles. The summed E-state index contributed by atoms with van der Waals surface area (Å²) in [5.41, 5.74) is 1.45. The van der Waals surface area contributed by atoms with E-state index >= 15 is 0 Å². The molecule has 7 nitrogen and oxygen atoms in total. The molecule has 1 aromatic carbocycles. The molecule has 3 rings (SSSR count). The molecule has 0 spiro atoms. The molecule has 2 aromatic heterocycles. The number of amides is 1. The van der Waals surface area contributed by atoms with Gasteiger partial charge in [0.25, 0.3) is 5.91 Å². The highest BCUT2D eigenvalue weighted by atomic mass is 16.5. The molecule has 1 N–H and O–H groups in total. The van der Waals surface area contributed by atoms with Gasteiger partial charge in [0, 0.05) is 12.3 Å². The molecule has 1 unspecified atom stereocenters. The number of pyridine rings is 1. The minimum Gasteiger partial charge on any atom is -0.475 e. The molecule has 0 radical (unpaired) electrons. The van der Waals surface area contributed by atoms with E-state index in [0.29, 0.717) is 18.0 Å². The van der Waals surface area contributed by atoms with E-state index in [9.17, 15) is 4.79 Å². The molecule has 3 aromatic rings. The summed E-state index contributed by atoms with van der Waals surface area (Å²) < 4.78 is 5.51. The molecule has 0 saturated heterocycles. The second kappa shape index (κ2) is 8.24. The molecule has 7 heteroatoms. The van der Waals surface area contributed by atoms with Gasteiger partial charge in [-0.15, -0.1) is 0 Å². The number of rotatable bonds is 7. The number of benzene rings is 1. The van der Waals surface area contributed by atoms with Gasteiger partial charge in [-0.1, -0.05) is 30.3 Å². The number of aromatic nitrogens is 4. The first-order valence-electron chi connectivity index (χ1n) is 8.44. The highest BCUT2D eigenvalue weighted by Gasteiger charge is 2.17. The lowest BCUT2D eigenvalue weighted by Crippen LogP contribution is -2.32. The Bertz CT molecular complexity index is 817. The first kappa shape index (κ1) is 17.6. The molecule has 0 aliphatic rings. The van der Waals surface area contributed by atoms with Crippen LogP contribution in [-0.4, -0.2) is 32.0 Å². The Balaban J connectivity index is 1.74. The maximum Gasteiger partial charge on any atom is 0.253 e. The van der Waals surface area contributed by atoms with Crippen molar-refractivity contribution in [2.75, 3.05) is 0 Å². The zero-order chi connectivity index (χ0) is 18.4. The number of hydrogen-bond donors (Lipinski definition) is 1.